The van der Waals surface area contributed by atoms with Gasteiger partial charge in [0.1, 0.15) is 0 Å². The first-order valence-corrected chi connectivity index (χ1v) is 9.70. The highest BCUT2D eigenvalue weighted by molar-refractivity contribution is 7.18. The van der Waals surface area contributed by atoms with E-state index in [2.05, 4.69) is 15.3 Å². The predicted molar refractivity (Wildman–Crippen MR) is 106 cm³/mol. The molecule has 0 radical (unpaired) electrons. The van der Waals surface area contributed by atoms with Crippen molar-refractivity contribution in [3.8, 4) is 0 Å². The fraction of sp³-hybridized carbons (Fsp3) is 0.368. The van der Waals surface area contributed by atoms with Gasteiger partial charge in [-0.3, -0.25) is 15.1 Å². The molecule has 0 saturated carbocycles. The van der Waals surface area contributed by atoms with Crippen molar-refractivity contribution < 1.29 is 19.1 Å². The number of fused-ring (bicyclic) bond motifs is 1. The molecule has 0 fully saturated rings. The standard InChI is InChI=1S/C19H22N4O4S/c1-11-4-5-12(10-21-11)15(20)13-6-7-14-17(16(13)24)28-18(22-14)23-19(25)27-9-3-8-26-2/h4-5,10H,3,6-9,20H2,1-2H3,(H,22,23,25). The summed E-state index contributed by atoms with van der Waals surface area (Å²) in [6.45, 7) is 2.65. The van der Waals surface area contributed by atoms with E-state index in [1.165, 1.54) is 0 Å². The number of aromatic nitrogens is 2. The molecule has 8 nitrogen and oxygen atoms in total. The third kappa shape index (κ3) is 4.55. The Kier molecular flexibility index (Phi) is 6.37. The Morgan fingerprint density at radius 3 is 2.86 bits per heavy atom. The summed E-state index contributed by atoms with van der Waals surface area (Å²) < 4.78 is 9.95. The highest BCUT2D eigenvalue weighted by Gasteiger charge is 2.29. The van der Waals surface area contributed by atoms with Crippen molar-refractivity contribution >= 4 is 34.0 Å². The minimum absolute atomic E-state index is 0.154. The van der Waals surface area contributed by atoms with E-state index in [0.29, 0.717) is 52.8 Å². The number of Topliss-reactive ketones (excluding diaryl/α,β-unsaturated/α-hetero) is 1. The Hall–Kier alpha value is -2.78. The number of aryl methyl sites for hydroxylation is 2. The van der Waals surface area contributed by atoms with Crippen molar-refractivity contribution in [2.24, 2.45) is 5.73 Å². The monoisotopic (exact) mass is 402 g/mol. The van der Waals surface area contributed by atoms with Crippen LogP contribution in [0.4, 0.5) is 9.93 Å². The SMILES string of the molecule is COCCCOC(=O)Nc1nc2c(s1)C(=O)C(=C(N)c1ccc(C)nc1)CC2. The van der Waals surface area contributed by atoms with Crippen LogP contribution in [0.15, 0.2) is 23.9 Å². The van der Waals surface area contributed by atoms with Gasteiger partial charge in [0, 0.05) is 48.9 Å². The lowest BCUT2D eigenvalue weighted by Gasteiger charge is -2.15. The number of nitrogens with one attached hydrogen (secondary N) is 1. The fourth-order valence-electron chi connectivity index (χ4n) is 2.80. The maximum absolute atomic E-state index is 12.9. The van der Waals surface area contributed by atoms with Crippen LogP contribution in [0.3, 0.4) is 0 Å². The van der Waals surface area contributed by atoms with Crippen molar-refractivity contribution in [2.45, 2.75) is 26.2 Å². The molecule has 3 N–H and O–H groups in total. The number of rotatable bonds is 6. The third-order valence-electron chi connectivity index (χ3n) is 4.27. The van der Waals surface area contributed by atoms with E-state index in [1.807, 2.05) is 19.1 Å². The molecule has 28 heavy (non-hydrogen) atoms. The van der Waals surface area contributed by atoms with Gasteiger partial charge in [0.2, 0.25) is 5.78 Å². The van der Waals surface area contributed by atoms with Crippen LogP contribution in [0, 0.1) is 6.92 Å². The van der Waals surface area contributed by atoms with Crippen molar-refractivity contribution in [1.29, 1.82) is 0 Å². The number of methoxy groups -OCH3 is 1. The van der Waals surface area contributed by atoms with Gasteiger partial charge in [-0.25, -0.2) is 9.78 Å². The molecule has 148 valence electrons. The van der Waals surface area contributed by atoms with Gasteiger partial charge in [-0.1, -0.05) is 11.3 Å². The number of thiazole rings is 1. The normalized spacial score (nSPS) is 15.1. The number of carbonyl (C=O) groups excluding carboxylic acids is 2. The fourth-order valence-corrected chi connectivity index (χ4v) is 3.76. The number of allylic oxidation sites excluding steroid dienone is 1. The van der Waals surface area contributed by atoms with Crippen molar-refractivity contribution in [3.05, 3.63) is 45.7 Å². The molecule has 0 aromatic carbocycles. The number of hydrogen-bond donors (Lipinski definition) is 2. The summed E-state index contributed by atoms with van der Waals surface area (Å²) in [5, 5.41) is 2.91. The van der Waals surface area contributed by atoms with E-state index >= 15 is 0 Å². The molecule has 0 aliphatic heterocycles. The maximum Gasteiger partial charge on any atom is 0.413 e. The molecule has 9 heteroatoms. The molecule has 0 bridgehead atoms. The zero-order valence-electron chi connectivity index (χ0n) is 15.8. The smallest absolute Gasteiger partial charge is 0.413 e. The molecule has 2 aromatic rings. The number of ether oxygens (including phenoxy) is 2. The first-order valence-electron chi connectivity index (χ1n) is 8.88. The lowest BCUT2D eigenvalue weighted by Crippen LogP contribution is -2.17. The number of carbonyl (C=O) groups is 2. The lowest BCUT2D eigenvalue weighted by molar-refractivity contribution is 0.102. The van der Waals surface area contributed by atoms with Crippen molar-refractivity contribution in [2.75, 3.05) is 25.6 Å². The highest BCUT2D eigenvalue weighted by Crippen LogP contribution is 2.34. The molecule has 3 rings (SSSR count). The second kappa shape index (κ2) is 8.94. The van der Waals surface area contributed by atoms with E-state index in [-0.39, 0.29) is 12.4 Å². The van der Waals surface area contributed by atoms with Gasteiger partial charge in [-0.05, 0) is 31.9 Å². The summed E-state index contributed by atoms with van der Waals surface area (Å²) in [7, 11) is 1.59. The van der Waals surface area contributed by atoms with Crippen molar-refractivity contribution in [1.82, 2.24) is 9.97 Å². The molecule has 1 aliphatic rings. The van der Waals surface area contributed by atoms with Crippen LogP contribution in [0.2, 0.25) is 0 Å². The second-order valence-electron chi connectivity index (χ2n) is 6.31. The molecule has 0 spiro atoms. The largest absolute Gasteiger partial charge is 0.449 e. The van der Waals surface area contributed by atoms with Crippen LogP contribution >= 0.6 is 11.3 Å². The Morgan fingerprint density at radius 1 is 1.32 bits per heavy atom. The zero-order chi connectivity index (χ0) is 20.1. The number of ketones is 1. The summed E-state index contributed by atoms with van der Waals surface area (Å²) in [5.74, 6) is -0.154. The topological polar surface area (TPSA) is 116 Å². The number of pyridine rings is 1. The van der Waals surface area contributed by atoms with E-state index in [9.17, 15) is 9.59 Å². The quantitative estimate of drug-likeness (QED) is 0.563. The van der Waals surface area contributed by atoms with Crippen LogP contribution in [0.25, 0.3) is 5.70 Å². The van der Waals surface area contributed by atoms with Crippen LogP contribution in [0.5, 0.6) is 0 Å². The lowest BCUT2D eigenvalue weighted by atomic mass is 9.92. The number of amides is 1. The van der Waals surface area contributed by atoms with Gasteiger partial charge < -0.3 is 15.2 Å². The van der Waals surface area contributed by atoms with Gasteiger partial charge in [-0.2, -0.15) is 0 Å². The van der Waals surface area contributed by atoms with E-state index in [4.69, 9.17) is 15.2 Å². The van der Waals surface area contributed by atoms with Crippen LogP contribution < -0.4 is 11.1 Å². The average Bonchev–Trinajstić information content (AvgIpc) is 3.09. The van der Waals surface area contributed by atoms with Crippen LogP contribution in [-0.4, -0.2) is 42.2 Å². The molecule has 2 heterocycles. The Balaban J connectivity index is 1.72. The molecule has 1 amide bonds. The summed E-state index contributed by atoms with van der Waals surface area (Å²) in [5.41, 5.74) is 9.50. The van der Waals surface area contributed by atoms with E-state index in [0.717, 1.165) is 22.6 Å². The predicted octanol–water partition coefficient (Wildman–Crippen LogP) is 2.93. The van der Waals surface area contributed by atoms with Crippen LogP contribution in [0.1, 0.15) is 39.5 Å². The van der Waals surface area contributed by atoms with E-state index in [1.54, 1.807) is 13.3 Å². The molecule has 1 aliphatic carbocycles. The molecule has 0 atom stereocenters. The zero-order valence-corrected chi connectivity index (χ0v) is 16.6. The Morgan fingerprint density at radius 2 is 2.14 bits per heavy atom. The number of nitrogens with two attached hydrogens (primary N) is 1. The first kappa shape index (κ1) is 20.0. The minimum Gasteiger partial charge on any atom is -0.449 e. The average molecular weight is 402 g/mol. The van der Waals surface area contributed by atoms with Gasteiger partial charge in [0.25, 0.3) is 0 Å². The molecule has 2 aromatic heterocycles. The second-order valence-corrected chi connectivity index (χ2v) is 7.31. The summed E-state index contributed by atoms with van der Waals surface area (Å²) >= 11 is 1.13. The molecule has 0 unspecified atom stereocenters. The Labute approximate surface area is 166 Å². The summed E-state index contributed by atoms with van der Waals surface area (Å²) in [6, 6.07) is 3.71. The van der Waals surface area contributed by atoms with Gasteiger partial charge in [0.05, 0.1) is 17.2 Å². The van der Waals surface area contributed by atoms with Gasteiger partial charge in [0.15, 0.2) is 5.13 Å². The number of nitrogens with zero attached hydrogens (tertiary/aromatic N) is 2. The molecular weight excluding hydrogens is 380 g/mol. The van der Waals surface area contributed by atoms with Crippen molar-refractivity contribution in [3.63, 3.8) is 0 Å². The first-order chi connectivity index (χ1) is 13.5. The number of anilines is 1. The van der Waals surface area contributed by atoms with Gasteiger partial charge in [-0.15, -0.1) is 0 Å². The van der Waals surface area contributed by atoms with E-state index < -0.39 is 6.09 Å². The number of hydrogen-bond acceptors (Lipinski definition) is 8. The summed E-state index contributed by atoms with van der Waals surface area (Å²) in [6.07, 6.45) is 2.75. The highest BCUT2D eigenvalue weighted by atomic mass is 32.1. The minimum atomic E-state index is -0.601. The van der Waals surface area contributed by atoms with Gasteiger partial charge >= 0.3 is 6.09 Å². The third-order valence-corrected chi connectivity index (χ3v) is 5.28. The maximum atomic E-state index is 12.9. The van der Waals surface area contributed by atoms with Crippen LogP contribution in [-0.2, 0) is 15.9 Å². The summed E-state index contributed by atoms with van der Waals surface area (Å²) in [4.78, 5) is 33.8. The Bertz CT molecular complexity index is 905. The molecule has 0 saturated heterocycles. The molecular formula is C19H22N4O4S.